The van der Waals surface area contributed by atoms with E-state index in [1.807, 2.05) is 12.1 Å². The van der Waals surface area contributed by atoms with Crippen molar-refractivity contribution in [2.24, 2.45) is 0 Å². The molecule has 0 atom stereocenters. The molecule has 0 aliphatic carbocycles. The maximum Gasteiger partial charge on any atom is 0.0400 e. The Hall–Kier alpha value is -3.00. The predicted octanol–water partition coefficient (Wildman–Crippen LogP) is 4.90. The van der Waals surface area contributed by atoms with Crippen molar-refractivity contribution in [3.8, 4) is 0 Å². The first-order valence-corrected chi connectivity index (χ1v) is 7.38. The highest BCUT2D eigenvalue weighted by atomic mass is 14.6. The Kier molecular flexibility index (Phi) is 2.01. The largest absolute Gasteiger partial charge is 0.399 e. The normalized spacial score (nSPS) is 12.0. The molecule has 0 saturated carbocycles. The Morgan fingerprint density at radius 2 is 1.32 bits per heavy atom. The van der Waals surface area contributed by atoms with Gasteiger partial charge in [0.2, 0.25) is 0 Å². The average Bonchev–Trinajstić information content (AvgIpc) is 2.52. The number of nitrogen functional groups attached to an aromatic ring is 2. The number of anilines is 2. The van der Waals surface area contributed by atoms with Crippen molar-refractivity contribution in [1.82, 2.24) is 0 Å². The zero-order chi connectivity index (χ0) is 14.8. The van der Waals surface area contributed by atoms with Crippen molar-refractivity contribution in [3.63, 3.8) is 0 Å². The highest BCUT2D eigenvalue weighted by Crippen LogP contribution is 2.42. The van der Waals surface area contributed by atoms with Crippen LogP contribution < -0.4 is 11.5 Å². The van der Waals surface area contributed by atoms with Crippen molar-refractivity contribution >= 4 is 54.5 Å². The van der Waals surface area contributed by atoms with Gasteiger partial charge in [-0.05, 0) is 55.9 Å². The molecule has 0 aromatic heterocycles. The SMILES string of the molecule is Nc1cc2cccc3c4c(N)ccc5cccc(c(c1)c23)c54. The molecule has 0 saturated heterocycles. The third kappa shape index (κ3) is 1.29. The van der Waals surface area contributed by atoms with Gasteiger partial charge in [0.25, 0.3) is 0 Å². The number of fused-ring (bicyclic) bond motifs is 2. The Morgan fingerprint density at radius 3 is 2.18 bits per heavy atom. The molecule has 0 aliphatic heterocycles. The van der Waals surface area contributed by atoms with E-state index in [0.29, 0.717) is 0 Å². The zero-order valence-corrected chi connectivity index (χ0v) is 11.9. The molecule has 2 heteroatoms. The molecule has 5 aromatic carbocycles. The van der Waals surface area contributed by atoms with Gasteiger partial charge in [0.05, 0.1) is 0 Å². The first-order valence-electron chi connectivity index (χ1n) is 7.38. The number of hydrogen-bond donors (Lipinski definition) is 2. The summed E-state index contributed by atoms with van der Waals surface area (Å²) in [5, 5.41) is 9.63. The second kappa shape index (κ2) is 3.80. The van der Waals surface area contributed by atoms with E-state index in [0.717, 1.165) is 16.8 Å². The maximum atomic E-state index is 6.34. The molecule has 0 heterocycles. The fourth-order valence-electron chi connectivity index (χ4n) is 3.78. The van der Waals surface area contributed by atoms with Crippen molar-refractivity contribution in [1.29, 1.82) is 0 Å². The fourth-order valence-corrected chi connectivity index (χ4v) is 3.78. The number of hydrogen-bond acceptors (Lipinski definition) is 2. The van der Waals surface area contributed by atoms with Crippen LogP contribution in [-0.4, -0.2) is 0 Å². The number of nitrogens with two attached hydrogens (primary N) is 2. The molecule has 0 aliphatic rings. The summed E-state index contributed by atoms with van der Waals surface area (Å²) in [7, 11) is 0. The molecular formula is C20H14N2. The molecule has 4 N–H and O–H groups in total. The molecule has 0 bridgehead atoms. The molecule has 0 radical (unpaired) electrons. The summed E-state index contributed by atoms with van der Waals surface area (Å²) in [6, 6.07) is 20.9. The van der Waals surface area contributed by atoms with Gasteiger partial charge < -0.3 is 11.5 Å². The first kappa shape index (κ1) is 11.6. The van der Waals surface area contributed by atoms with E-state index >= 15 is 0 Å². The summed E-state index contributed by atoms with van der Waals surface area (Å²) in [6.07, 6.45) is 0. The predicted molar refractivity (Wildman–Crippen MR) is 96.5 cm³/mol. The number of rotatable bonds is 0. The van der Waals surface area contributed by atoms with Gasteiger partial charge in [0, 0.05) is 16.8 Å². The lowest BCUT2D eigenvalue weighted by atomic mass is 9.89. The minimum absolute atomic E-state index is 0.795. The second-order valence-electron chi connectivity index (χ2n) is 5.91. The topological polar surface area (TPSA) is 52.0 Å². The van der Waals surface area contributed by atoms with E-state index in [9.17, 15) is 0 Å². The fraction of sp³-hybridized carbons (Fsp3) is 0. The summed E-state index contributed by atoms with van der Waals surface area (Å²) in [4.78, 5) is 0. The molecule has 5 aromatic rings. The van der Waals surface area contributed by atoms with Gasteiger partial charge in [0.1, 0.15) is 0 Å². The standard InChI is InChI=1S/C20H14N2/c21-13-9-12-4-2-6-15-18(12)16(10-13)14-5-1-3-11-7-8-17(22)20(15)19(11)14/h1-10H,21-22H2. The van der Waals surface area contributed by atoms with Crippen LogP contribution in [0.4, 0.5) is 11.4 Å². The van der Waals surface area contributed by atoms with E-state index in [4.69, 9.17) is 11.5 Å². The lowest BCUT2D eigenvalue weighted by Gasteiger charge is -2.16. The van der Waals surface area contributed by atoms with Gasteiger partial charge in [-0.2, -0.15) is 0 Å². The van der Waals surface area contributed by atoms with Gasteiger partial charge in [-0.15, -0.1) is 0 Å². The Balaban J connectivity index is 2.30. The summed E-state index contributed by atoms with van der Waals surface area (Å²) in [6.45, 7) is 0. The van der Waals surface area contributed by atoms with Gasteiger partial charge in [-0.1, -0.05) is 42.5 Å². The molecule has 2 nitrogen and oxygen atoms in total. The van der Waals surface area contributed by atoms with E-state index in [1.54, 1.807) is 0 Å². The monoisotopic (exact) mass is 282 g/mol. The van der Waals surface area contributed by atoms with Gasteiger partial charge in [-0.3, -0.25) is 0 Å². The van der Waals surface area contributed by atoms with Crippen molar-refractivity contribution in [2.45, 2.75) is 0 Å². The average molecular weight is 282 g/mol. The van der Waals surface area contributed by atoms with Crippen LogP contribution in [0.25, 0.3) is 43.1 Å². The number of benzene rings is 5. The van der Waals surface area contributed by atoms with E-state index in [1.165, 1.54) is 37.7 Å². The Bertz CT molecular complexity index is 1180. The molecule has 0 unspecified atom stereocenters. The van der Waals surface area contributed by atoms with E-state index < -0.39 is 0 Å². The molecule has 5 rings (SSSR count). The lowest BCUT2D eigenvalue weighted by molar-refractivity contribution is 1.75. The quantitative estimate of drug-likeness (QED) is 0.241. The molecular weight excluding hydrogens is 268 g/mol. The molecule has 0 fully saturated rings. The highest BCUT2D eigenvalue weighted by Gasteiger charge is 2.14. The van der Waals surface area contributed by atoms with E-state index in [-0.39, 0.29) is 0 Å². The van der Waals surface area contributed by atoms with Crippen LogP contribution in [-0.2, 0) is 0 Å². The van der Waals surface area contributed by atoms with Gasteiger partial charge in [0.15, 0.2) is 0 Å². The third-order valence-electron chi connectivity index (χ3n) is 4.64. The summed E-state index contributed by atoms with van der Waals surface area (Å²) in [5.41, 5.74) is 14.1. The summed E-state index contributed by atoms with van der Waals surface area (Å²) >= 11 is 0. The van der Waals surface area contributed by atoms with Crippen LogP contribution in [0.3, 0.4) is 0 Å². The van der Waals surface area contributed by atoms with Crippen molar-refractivity contribution in [3.05, 3.63) is 60.7 Å². The first-order chi connectivity index (χ1) is 10.7. The summed E-state index contributed by atoms with van der Waals surface area (Å²) < 4.78 is 0. The maximum absolute atomic E-state index is 6.34. The van der Waals surface area contributed by atoms with Crippen LogP contribution in [0.2, 0.25) is 0 Å². The van der Waals surface area contributed by atoms with Crippen LogP contribution in [0.5, 0.6) is 0 Å². The minimum atomic E-state index is 0.795. The lowest BCUT2D eigenvalue weighted by Crippen LogP contribution is -1.93. The minimum Gasteiger partial charge on any atom is -0.399 e. The smallest absolute Gasteiger partial charge is 0.0400 e. The zero-order valence-electron chi connectivity index (χ0n) is 11.9. The van der Waals surface area contributed by atoms with Crippen molar-refractivity contribution in [2.75, 3.05) is 11.5 Å². The third-order valence-corrected chi connectivity index (χ3v) is 4.64. The van der Waals surface area contributed by atoms with Crippen LogP contribution in [0.1, 0.15) is 0 Å². The molecule has 104 valence electrons. The van der Waals surface area contributed by atoms with E-state index in [2.05, 4.69) is 48.5 Å². The molecule has 0 amide bonds. The second-order valence-corrected chi connectivity index (χ2v) is 5.91. The highest BCUT2D eigenvalue weighted by molar-refractivity contribution is 6.35. The van der Waals surface area contributed by atoms with Crippen LogP contribution in [0.15, 0.2) is 60.7 Å². The van der Waals surface area contributed by atoms with Crippen molar-refractivity contribution < 1.29 is 0 Å². The molecule has 22 heavy (non-hydrogen) atoms. The Morgan fingerprint density at radius 1 is 0.545 bits per heavy atom. The van der Waals surface area contributed by atoms with Crippen LogP contribution in [0, 0.1) is 0 Å². The van der Waals surface area contributed by atoms with Gasteiger partial charge in [-0.25, -0.2) is 0 Å². The summed E-state index contributed by atoms with van der Waals surface area (Å²) in [5.74, 6) is 0. The van der Waals surface area contributed by atoms with Gasteiger partial charge >= 0.3 is 0 Å². The van der Waals surface area contributed by atoms with Crippen LogP contribution >= 0.6 is 0 Å². The Labute approximate surface area is 127 Å². The molecule has 0 spiro atoms.